The molecule has 1 fully saturated rings. The summed E-state index contributed by atoms with van der Waals surface area (Å²) in [7, 11) is -2.33. The summed E-state index contributed by atoms with van der Waals surface area (Å²) in [6.45, 7) is 0.406. The first-order chi connectivity index (χ1) is 14.4. The molecule has 0 radical (unpaired) electrons. The minimum absolute atomic E-state index is 0.0886. The van der Waals surface area contributed by atoms with Gasteiger partial charge < -0.3 is 20.1 Å². The van der Waals surface area contributed by atoms with Gasteiger partial charge in [0.1, 0.15) is 12.0 Å². The Bertz CT molecular complexity index is 979. The Kier molecular flexibility index (Phi) is 7.03. The fourth-order valence-corrected chi connectivity index (χ4v) is 4.45. The number of sulfonamides is 1. The first kappa shape index (κ1) is 21.8. The molecule has 0 spiro atoms. The van der Waals surface area contributed by atoms with E-state index in [-0.39, 0.29) is 31.1 Å². The highest BCUT2D eigenvalue weighted by atomic mass is 32.2. The molecule has 2 aromatic carbocycles. The summed E-state index contributed by atoms with van der Waals surface area (Å²) in [4.78, 5) is 24.1. The standard InChI is InChI=1S/C20H23N3O6S/c1-28-16-7-9-17(10-8-16)30(26,27)23-11-12-29-18(23)14-22-20(25)19(24)21-13-15-5-3-2-4-6-15/h2-10,18H,11-14H2,1H3,(H,21,24)(H,22,25). The Balaban J connectivity index is 1.56. The van der Waals surface area contributed by atoms with Crippen LogP contribution < -0.4 is 15.4 Å². The van der Waals surface area contributed by atoms with Crippen molar-refractivity contribution in [3.05, 3.63) is 60.2 Å². The van der Waals surface area contributed by atoms with Gasteiger partial charge in [0.05, 0.1) is 25.2 Å². The molecular formula is C20H23N3O6S. The first-order valence-corrected chi connectivity index (χ1v) is 10.7. The van der Waals surface area contributed by atoms with E-state index in [4.69, 9.17) is 9.47 Å². The molecule has 1 aliphatic rings. The van der Waals surface area contributed by atoms with E-state index in [2.05, 4.69) is 10.6 Å². The zero-order chi connectivity index (χ0) is 21.6. The molecule has 2 amide bonds. The first-order valence-electron chi connectivity index (χ1n) is 9.29. The van der Waals surface area contributed by atoms with Gasteiger partial charge in [0.25, 0.3) is 0 Å². The molecule has 0 aromatic heterocycles. The molecule has 1 saturated heterocycles. The number of ether oxygens (including phenoxy) is 2. The highest BCUT2D eigenvalue weighted by molar-refractivity contribution is 7.89. The number of methoxy groups -OCH3 is 1. The van der Waals surface area contributed by atoms with E-state index in [0.717, 1.165) is 9.87 Å². The van der Waals surface area contributed by atoms with Crippen molar-refractivity contribution in [2.24, 2.45) is 0 Å². The highest BCUT2D eigenvalue weighted by Crippen LogP contribution is 2.23. The number of hydrogen-bond donors (Lipinski definition) is 2. The van der Waals surface area contributed by atoms with E-state index in [0.29, 0.717) is 5.75 Å². The second-order valence-electron chi connectivity index (χ2n) is 6.50. The Labute approximate surface area is 175 Å². The van der Waals surface area contributed by atoms with Crippen LogP contribution in [0.25, 0.3) is 0 Å². The minimum atomic E-state index is -3.83. The zero-order valence-corrected chi connectivity index (χ0v) is 17.2. The van der Waals surface area contributed by atoms with Gasteiger partial charge in [-0.15, -0.1) is 0 Å². The molecular weight excluding hydrogens is 410 g/mol. The maximum atomic E-state index is 12.9. The maximum absolute atomic E-state index is 12.9. The van der Waals surface area contributed by atoms with Crippen molar-refractivity contribution in [2.75, 3.05) is 26.8 Å². The Morgan fingerprint density at radius 1 is 1.07 bits per heavy atom. The van der Waals surface area contributed by atoms with Crippen LogP contribution in [-0.2, 0) is 30.9 Å². The summed E-state index contributed by atoms with van der Waals surface area (Å²) < 4.78 is 37.5. The van der Waals surface area contributed by atoms with Crippen LogP contribution in [0.1, 0.15) is 5.56 Å². The molecule has 2 aromatic rings. The van der Waals surface area contributed by atoms with Gasteiger partial charge in [-0.3, -0.25) is 9.59 Å². The van der Waals surface area contributed by atoms with Crippen molar-refractivity contribution in [1.82, 2.24) is 14.9 Å². The smallest absolute Gasteiger partial charge is 0.309 e. The monoisotopic (exact) mass is 433 g/mol. The maximum Gasteiger partial charge on any atom is 0.309 e. The van der Waals surface area contributed by atoms with Crippen LogP contribution in [0.4, 0.5) is 0 Å². The van der Waals surface area contributed by atoms with E-state index < -0.39 is 28.1 Å². The molecule has 1 atom stereocenters. The lowest BCUT2D eigenvalue weighted by Gasteiger charge is -2.23. The average Bonchev–Trinajstić information content (AvgIpc) is 3.26. The minimum Gasteiger partial charge on any atom is -0.497 e. The van der Waals surface area contributed by atoms with Crippen LogP contribution >= 0.6 is 0 Å². The lowest BCUT2D eigenvalue weighted by Crippen LogP contribution is -2.47. The lowest BCUT2D eigenvalue weighted by atomic mass is 10.2. The number of carbonyl (C=O) groups is 2. The third kappa shape index (κ3) is 5.15. The van der Waals surface area contributed by atoms with Crippen LogP contribution in [0.5, 0.6) is 5.75 Å². The van der Waals surface area contributed by atoms with Gasteiger partial charge in [0, 0.05) is 13.1 Å². The van der Waals surface area contributed by atoms with E-state index in [1.165, 1.54) is 19.2 Å². The van der Waals surface area contributed by atoms with Crippen molar-refractivity contribution in [3.8, 4) is 5.75 Å². The number of nitrogens with zero attached hydrogens (tertiary/aromatic N) is 1. The number of carbonyl (C=O) groups excluding carboxylic acids is 2. The SMILES string of the molecule is COc1ccc(S(=O)(=O)N2CCOC2CNC(=O)C(=O)NCc2ccccc2)cc1. The van der Waals surface area contributed by atoms with Gasteiger partial charge in [-0.25, -0.2) is 8.42 Å². The largest absolute Gasteiger partial charge is 0.497 e. The van der Waals surface area contributed by atoms with Gasteiger partial charge in [0.2, 0.25) is 10.0 Å². The number of benzene rings is 2. The van der Waals surface area contributed by atoms with Crippen molar-refractivity contribution >= 4 is 21.8 Å². The predicted molar refractivity (Wildman–Crippen MR) is 108 cm³/mol. The van der Waals surface area contributed by atoms with Crippen LogP contribution in [0.3, 0.4) is 0 Å². The molecule has 3 rings (SSSR count). The van der Waals surface area contributed by atoms with E-state index in [1.807, 2.05) is 30.3 Å². The Morgan fingerprint density at radius 3 is 2.40 bits per heavy atom. The fraction of sp³-hybridized carbons (Fsp3) is 0.300. The predicted octanol–water partition coefficient (Wildman–Crippen LogP) is 0.475. The molecule has 0 saturated carbocycles. The second kappa shape index (κ2) is 9.70. The second-order valence-corrected chi connectivity index (χ2v) is 8.39. The van der Waals surface area contributed by atoms with Gasteiger partial charge in [-0.05, 0) is 29.8 Å². The molecule has 1 aliphatic heterocycles. The van der Waals surface area contributed by atoms with E-state index in [1.54, 1.807) is 12.1 Å². The van der Waals surface area contributed by atoms with Crippen LogP contribution in [0, 0.1) is 0 Å². The number of hydrogen-bond acceptors (Lipinski definition) is 6. The van der Waals surface area contributed by atoms with Gasteiger partial charge in [-0.2, -0.15) is 4.31 Å². The van der Waals surface area contributed by atoms with Crippen LogP contribution in [-0.4, -0.2) is 57.6 Å². The summed E-state index contributed by atoms with van der Waals surface area (Å²) in [5, 5.41) is 4.95. The molecule has 1 unspecified atom stereocenters. The van der Waals surface area contributed by atoms with Crippen molar-refractivity contribution in [2.45, 2.75) is 17.7 Å². The highest BCUT2D eigenvalue weighted by Gasteiger charge is 2.36. The third-order valence-electron chi connectivity index (χ3n) is 4.55. The molecule has 10 heteroatoms. The van der Waals surface area contributed by atoms with Crippen LogP contribution in [0.15, 0.2) is 59.5 Å². The zero-order valence-electron chi connectivity index (χ0n) is 16.4. The summed E-state index contributed by atoms with van der Waals surface area (Å²) >= 11 is 0. The number of rotatable bonds is 7. The Morgan fingerprint density at radius 2 is 1.73 bits per heavy atom. The summed E-state index contributed by atoms with van der Waals surface area (Å²) in [6.07, 6.45) is -0.900. The molecule has 0 aliphatic carbocycles. The molecule has 9 nitrogen and oxygen atoms in total. The van der Waals surface area contributed by atoms with E-state index >= 15 is 0 Å². The lowest BCUT2D eigenvalue weighted by molar-refractivity contribution is -0.139. The quantitative estimate of drug-likeness (QED) is 0.614. The molecule has 1 heterocycles. The normalized spacial score (nSPS) is 16.8. The van der Waals surface area contributed by atoms with Crippen LogP contribution in [0.2, 0.25) is 0 Å². The van der Waals surface area contributed by atoms with Gasteiger partial charge in [-0.1, -0.05) is 30.3 Å². The third-order valence-corrected chi connectivity index (χ3v) is 6.45. The number of nitrogens with one attached hydrogen (secondary N) is 2. The van der Waals surface area contributed by atoms with Gasteiger partial charge >= 0.3 is 11.8 Å². The summed E-state index contributed by atoms with van der Waals surface area (Å²) in [5.41, 5.74) is 0.856. The molecule has 30 heavy (non-hydrogen) atoms. The van der Waals surface area contributed by atoms with Crippen molar-refractivity contribution < 1.29 is 27.5 Å². The molecule has 0 bridgehead atoms. The Hall–Kier alpha value is -2.95. The average molecular weight is 433 g/mol. The topological polar surface area (TPSA) is 114 Å². The summed E-state index contributed by atoms with van der Waals surface area (Å²) in [6, 6.07) is 15.2. The van der Waals surface area contributed by atoms with Crippen molar-refractivity contribution in [3.63, 3.8) is 0 Å². The molecule has 160 valence electrons. The molecule has 2 N–H and O–H groups in total. The fourth-order valence-electron chi connectivity index (χ4n) is 2.94. The summed E-state index contributed by atoms with van der Waals surface area (Å²) in [5.74, 6) is -1.12. The van der Waals surface area contributed by atoms with E-state index in [9.17, 15) is 18.0 Å². The number of amides is 2. The van der Waals surface area contributed by atoms with Gasteiger partial charge in [0.15, 0.2) is 0 Å². The van der Waals surface area contributed by atoms with Crippen molar-refractivity contribution in [1.29, 1.82) is 0 Å².